The summed E-state index contributed by atoms with van der Waals surface area (Å²) in [6, 6.07) is 10.7. The first-order chi connectivity index (χ1) is 8.36. The maximum absolute atomic E-state index is 3.60. The molecule has 1 unspecified atom stereocenters. The molecule has 0 amide bonds. The largest absolute Gasteiger partial charge is 0.312 e. The summed E-state index contributed by atoms with van der Waals surface area (Å²) >= 11 is 0. The summed E-state index contributed by atoms with van der Waals surface area (Å²) in [5, 5.41) is 3.60. The Morgan fingerprint density at radius 1 is 1.00 bits per heavy atom. The van der Waals surface area contributed by atoms with E-state index in [0.29, 0.717) is 0 Å². The van der Waals surface area contributed by atoms with E-state index in [1.54, 1.807) is 0 Å². The van der Waals surface area contributed by atoms with Gasteiger partial charge in [-0.25, -0.2) is 0 Å². The first kappa shape index (κ1) is 14.2. The molecule has 0 aliphatic heterocycles. The zero-order valence-electron chi connectivity index (χ0n) is 11.4. The number of unbranched alkanes of at least 4 members (excludes halogenated alkanes) is 1. The Hall–Kier alpha value is -0.820. The van der Waals surface area contributed by atoms with Gasteiger partial charge >= 0.3 is 0 Å². The highest BCUT2D eigenvalue weighted by Gasteiger charge is 2.06. The average Bonchev–Trinajstić information content (AvgIpc) is 2.37. The van der Waals surface area contributed by atoms with E-state index in [2.05, 4.69) is 49.5 Å². The third-order valence-electron chi connectivity index (χ3n) is 3.27. The lowest BCUT2D eigenvalue weighted by Gasteiger charge is -2.16. The van der Waals surface area contributed by atoms with Gasteiger partial charge in [-0.1, -0.05) is 63.4 Å². The van der Waals surface area contributed by atoms with Crippen molar-refractivity contribution in [2.45, 2.75) is 52.5 Å². The second kappa shape index (κ2) is 9.23. The molecule has 1 N–H and O–H groups in total. The van der Waals surface area contributed by atoms with Crippen LogP contribution in [0.2, 0.25) is 0 Å². The Bertz CT molecular complexity index is 268. The molecule has 0 aromatic heterocycles. The lowest BCUT2D eigenvalue weighted by Crippen LogP contribution is -2.22. The molecule has 1 atom stereocenters. The van der Waals surface area contributed by atoms with Gasteiger partial charge in [0.05, 0.1) is 0 Å². The predicted octanol–water partition coefficient (Wildman–Crippen LogP) is 4.38. The minimum absolute atomic E-state index is 0.865. The van der Waals surface area contributed by atoms with Gasteiger partial charge in [0.2, 0.25) is 0 Å². The molecular formula is C16H27N. The molecule has 0 aliphatic rings. The van der Waals surface area contributed by atoms with Gasteiger partial charge in [0, 0.05) is 6.54 Å². The molecule has 0 radical (unpaired) electrons. The lowest BCUT2D eigenvalue weighted by molar-refractivity contribution is 0.401. The number of rotatable bonds is 9. The van der Waals surface area contributed by atoms with Crippen LogP contribution in [0, 0.1) is 5.92 Å². The standard InChI is InChI=1S/C16H27N/c1-3-5-10-15(9-4-2)13-17-14-16-11-7-6-8-12-16/h6-8,11-12,15,17H,3-5,9-10,13-14H2,1-2H3. The van der Waals surface area contributed by atoms with Crippen molar-refractivity contribution in [1.82, 2.24) is 5.32 Å². The topological polar surface area (TPSA) is 12.0 Å². The molecule has 0 heterocycles. The zero-order valence-corrected chi connectivity index (χ0v) is 11.4. The molecule has 0 bridgehead atoms. The average molecular weight is 233 g/mol. The molecule has 0 spiro atoms. The van der Waals surface area contributed by atoms with Crippen LogP contribution in [0.1, 0.15) is 51.5 Å². The summed E-state index contributed by atoms with van der Waals surface area (Å²) in [6.07, 6.45) is 6.74. The van der Waals surface area contributed by atoms with Gasteiger partial charge < -0.3 is 5.32 Å². The van der Waals surface area contributed by atoms with E-state index in [1.807, 2.05) is 0 Å². The van der Waals surface area contributed by atoms with Crippen LogP contribution in [0.5, 0.6) is 0 Å². The summed E-state index contributed by atoms with van der Waals surface area (Å²) in [6.45, 7) is 6.74. The van der Waals surface area contributed by atoms with Crippen LogP contribution in [0.4, 0.5) is 0 Å². The van der Waals surface area contributed by atoms with E-state index < -0.39 is 0 Å². The van der Waals surface area contributed by atoms with Crippen molar-refractivity contribution in [1.29, 1.82) is 0 Å². The highest BCUT2D eigenvalue weighted by Crippen LogP contribution is 2.14. The normalized spacial score (nSPS) is 12.6. The molecule has 1 rings (SSSR count). The Kier molecular flexibility index (Phi) is 7.74. The number of hydrogen-bond acceptors (Lipinski definition) is 1. The van der Waals surface area contributed by atoms with Gasteiger partial charge in [-0.3, -0.25) is 0 Å². The molecule has 0 aliphatic carbocycles. The van der Waals surface area contributed by atoms with E-state index in [9.17, 15) is 0 Å². The van der Waals surface area contributed by atoms with E-state index in [1.165, 1.54) is 44.2 Å². The Balaban J connectivity index is 2.22. The first-order valence-corrected chi connectivity index (χ1v) is 7.11. The molecule has 17 heavy (non-hydrogen) atoms. The van der Waals surface area contributed by atoms with E-state index in [0.717, 1.165) is 12.5 Å². The third-order valence-corrected chi connectivity index (χ3v) is 3.27. The van der Waals surface area contributed by atoms with Crippen LogP contribution in [0.3, 0.4) is 0 Å². The van der Waals surface area contributed by atoms with Gasteiger partial charge in [0.1, 0.15) is 0 Å². The SMILES string of the molecule is CCCCC(CCC)CNCc1ccccc1. The van der Waals surface area contributed by atoms with Gasteiger partial charge in [0.25, 0.3) is 0 Å². The minimum atomic E-state index is 0.865. The summed E-state index contributed by atoms with van der Waals surface area (Å²) in [5.74, 6) is 0.865. The monoisotopic (exact) mass is 233 g/mol. The van der Waals surface area contributed by atoms with Gasteiger partial charge in [0.15, 0.2) is 0 Å². The quantitative estimate of drug-likeness (QED) is 0.667. The second-order valence-electron chi connectivity index (χ2n) is 4.91. The molecule has 1 aromatic carbocycles. The van der Waals surface area contributed by atoms with Crippen LogP contribution < -0.4 is 5.32 Å². The summed E-state index contributed by atoms with van der Waals surface area (Å²) in [5.41, 5.74) is 1.39. The fraction of sp³-hybridized carbons (Fsp3) is 0.625. The predicted molar refractivity (Wildman–Crippen MR) is 76.1 cm³/mol. The van der Waals surface area contributed by atoms with Crippen LogP contribution in [-0.4, -0.2) is 6.54 Å². The molecule has 96 valence electrons. The fourth-order valence-corrected chi connectivity index (χ4v) is 2.27. The second-order valence-corrected chi connectivity index (χ2v) is 4.91. The third kappa shape index (κ3) is 6.48. The van der Waals surface area contributed by atoms with Crippen LogP contribution in [0.25, 0.3) is 0 Å². The Morgan fingerprint density at radius 3 is 2.41 bits per heavy atom. The molecule has 1 aromatic rings. The minimum Gasteiger partial charge on any atom is -0.312 e. The van der Waals surface area contributed by atoms with E-state index in [4.69, 9.17) is 0 Å². The van der Waals surface area contributed by atoms with Gasteiger partial charge in [-0.15, -0.1) is 0 Å². The van der Waals surface area contributed by atoms with Gasteiger partial charge in [-0.05, 0) is 30.9 Å². The first-order valence-electron chi connectivity index (χ1n) is 7.11. The van der Waals surface area contributed by atoms with Crippen molar-refractivity contribution in [3.8, 4) is 0 Å². The summed E-state index contributed by atoms with van der Waals surface area (Å²) in [4.78, 5) is 0. The maximum atomic E-state index is 3.60. The fourth-order valence-electron chi connectivity index (χ4n) is 2.27. The number of nitrogens with one attached hydrogen (secondary N) is 1. The van der Waals surface area contributed by atoms with Gasteiger partial charge in [-0.2, -0.15) is 0 Å². The van der Waals surface area contributed by atoms with Crippen molar-refractivity contribution in [3.63, 3.8) is 0 Å². The summed E-state index contributed by atoms with van der Waals surface area (Å²) < 4.78 is 0. The van der Waals surface area contributed by atoms with Crippen molar-refractivity contribution >= 4 is 0 Å². The highest BCUT2D eigenvalue weighted by atomic mass is 14.9. The Morgan fingerprint density at radius 2 is 1.76 bits per heavy atom. The van der Waals surface area contributed by atoms with Crippen molar-refractivity contribution in [2.24, 2.45) is 5.92 Å². The van der Waals surface area contributed by atoms with Crippen molar-refractivity contribution < 1.29 is 0 Å². The van der Waals surface area contributed by atoms with Crippen LogP contribution >= 0.6 is 0 Å². The molecule has 1 heteroatoms. The summed E-state index contributed by atoms with van der Waals surface area (Å²) in [7, 11) is 0. The molecule has 0 saturated heterocycles. The van der Waals surface area contributed by atoms with E-state index in [-0.39, 0.29) is 0 Å². The van der Waals surface area contributed by atoms with Crippen LogP contribution in [0.15, 0.2) is 30.3 Å². The maximum Gasteiger partial charge on any atom is 0.0205 e. The number of hydrogen-bond donors (Lipinski definition) is 1. The zero-order chi connectivity index (χ0) is 12.3. The molecular weight excluding hydrogens is 206 g/mol. The molecule has 1 nitrogen and oxygen atoms in total. The van der Waals surface area contributed by atoms with Crippen molar-refractivity contribution in [3.05, 3.63) is 35.9 Å². The number of benzene rings is 1. The van der Waals surface area contributed by atoms with Crippen molar-refractivity contribution in [2.75, 3.05) is 6.54 Å². The lowest BCUT2D eigenvalue weighted by atomic mass is 9.97. The van der Waals surface area contributed by atoms with Crippen LogP contribution in [-0.2, 0) is 6.54 Å². The smallest absolute Gasteiger partial charge is 0.0205 e. The highest BCUT2D eigenvalue weighted by molar-refractivity contribution is 5.14. The van der Waals surface area contributed by atoms with E-state index >= 15 is 0 Å². The Labute approximate surface area is 107 Å². The molecule has 0 saturated carbocycles. The molecule has 0 fully saturated rings.